The van der Waals surface area contributed by atoms with Crippen molar-refractivity contribution in [1.82, 2.24) is 4.98 Å². The fourth-order valence-corrected chi connectivity index (χ4v) is 2.34. The number of aromatic nitrogens is 1. The predicted molar refractivity (Wildman–Crippen MR) is 79.6 cm³/mol. The first-order chi connectivity index (χ1) is 9.28. The average Bonchev–Trinajstić information content (AvgIpc) is 2.46. The molecule has 0 saturated heterocycles. The van der Waals surface area contributed by atoms with Crippen LogP contribution in [-0.4, -0.2) is 17.3 Å². The second kappa shape index (κ2) is 7.03. The number of nitrogens with one attached hydrogen (secondary N) is 1. The summed E-state index contributed by atoms with van der Waals surface area (Å²) in [4.78, 5) is 5.34. The van der Waals surface area contributed by atoms with Crippen LogP contribution >= 0.6 is 23.4 Å². The van der Waals surface area contributed by atoms with Crippen LogP contribution in [0.5, 0.6) is 0 Å². The molecule has 0 aliphatic heterocycles. The number of nitrogens with zero attached hydrogens (tertiary/aromatic N) is 2. The fourth-order valence-electron chi connectivity index (χ4n) is 1.44. The fraction of sp³-hybridized carbons (Fsp3) is 0.143. The molecule has 2 aromatic rings. The highest BCUT2D eigenvalue weighted by molar-refractivity contribution is 7.99. The molecule has 2 rings (SSSR count). The van der Waals surface area contributed by atoms with E-state index in [1.54, 1.807) is 24.0 Å². The maximum absolute atomic E-state index is 8.67. The summed E-state index contributed by atoms with van der Waals surface area (Å²) in [5, 5.41) is 12.6. The van der Waals surface area contributed by atoms with E-state index < -0.39 is 0 Å². The first-order valence-electron chi connectivity index (χ1n) is 5.76. The smallest absolute Gasteiger partial charge is 0.125 e. The molecular formula is C14H12ClN3S. The molecule has 1 aromatic heterocycles. The summed E-state index contributed by atoms with van der Waals surface area (Å²) in [6.45, 7) is 0.812. The highest BCUT2D eigenvalue weighted by Gasteiger charge is 1.96. The molecule has 3 nitrogen and oxygen atoms in total. The van der Waals surface area contributed by atoms with Gasteiger partial charge in [-0.2, -0.15) is 5.26 Å². The van der Waals surface area contributed by atoms with Crippen molar-refractivity contribution in [3.05, 3.63) is 53.2 Å². The van der Waals surface area contributed by atoms with Crippen molar-refractivity contribution in [3.63, 3.8) is 0 Å². The summed E-state index contributed by atoms with van der Waals surface area (Å²) in [5.41, 5.74) is 0.570. The first kappa shape index (κ1) is 13.7. The Hall–Kier alpha value is -1.70. The van der Waals surface area contributed by atoms with E-state index in [4.69, 9.17) is 16.9 Å². The SMILES string of the molecule is N#Cc1ccc(NCCSc2ccc(Cl)cc2)nc1. The Morgan fingerprint density at radius 3 is 2.63 bits per heavy atom. The molecule has 1 heterocycles. The van der Waals surface area contributed by atoms with Gasteiger partial charge in [-0.15, -0.1) is 11.8 Å². The lowest BCUT2D eigenvalue weighted by Crippen LogP contribution is -2.05. The number of anilines is 1. The minimum Gasteiger partial charge on any atom is -0.369 e. The Morgan fingerprint density at radius 2 is 2.00 bits per heavy atom. The van der Waals surface area contributed by atoms with E-state index in [2.05, 4.69) is 10.3 Å². The second-order valence-electron chi connectivity index (χ2n) is 3.77. The summed E-state index contributed by atoms with van der Waals surface area (Å²) in [5.74, 6) is 1.72. The molecule has 96 valence electrons. The molecule has 5 heteroatoms. The zero-order valence-corrected chi connectivity index (χ0v) is 11.7. The van der Waals surface area contributed by atoms with E-state index in [0.717, 1.165) is 23.1 Å². The van der Waals surface area contributed by atoms with Crippen LogP contribution in [-0.2, 0) is 0 Å². The normalized spacial score (nSPS) is 9.89. The van der Waals surface area contributed by atoms with Crippen molar-refractivity contribution in [3.8, 4) is 6.07 Å². The molecule has 0 bridgehead atoms. The van der Waals surface area contributed by atoms with Crippen molar-refractivity contribution in [1.29, 1.82) is 5.26 Å². The third-order valence-electron chi connectivity index (χ3n) is 2.38. The van der Waals surface area contributed by atoms with Gasteiger partial charge in [0.05, 0.1) is 5.56 Å². The average molecular weight is 290 g/mol. The third kappa shape index (κ3) is 4.47. The number of hydrogen-bond acceptors (Lipinski definition) is 4. The molecule has 0 saturated carbocycles. The number of nitriles is 1. The lowest BCUT2D eigenvalue weighted by molar-refractivity contribution is 1.16. The highest BCUT2D eigenvalue weighted by Crippen LogP contribution is 2.20. The predicted octanol–water partition coefficient (Wildman–Crippen LogP) is 3.81. The number of hydrogen-bond donors (Lipinski definition) is 1. The van der Waals surface area contributed by atoms with Crippen LogP contribution in [0.2, 0.25) is 5.02 Å². The molecule has 0 amide bonds. The molecule has 0 aliphatic rings. The topological polar surface area (TPSA) is 48.7 Å². The summed E-state index contributed by atoms with van der Waals surface area (Å²) in [6.07, 6.45) is 1.56. The summed E-state index contributed by atoms with van der Waals surface area (Å²) < 4.78 is 0. The number of rotatable bonds is 5. The van der Waals surface area contributed by atoms with Gasteiger partial charge in [-0.25, -0.2) is 4.98 Å². The van der Waals surface area contributed by atoms with E-state index in [-0.39, 0.29) is 0 Å². The summed E-state index contributed by atoms with van der Waals surface area (Å²) in [7, 11) is 0. The van der Waals surface area contributed by atoms with Crippen LogP contribution in [0.3, 0.4) is 0 Å². The second-order valence-corrected chi connectivity index (χ2v) is 5.38. The largest absolute Gasteiger partial charge is 0.369 e. The van der Waals surface area contributed by atoms with Crippen LogP contribution in [0, 0.1) is 11.3 Å². The summed E-state index contributed by atoms with van der Waals surface area (Å²) in [6, 6.07) is 13.4. The van der Waals surface area contributed by atoms with Gasteiger partial charge in [-0.1, -0.05) is 11.6 Å². The number of benzene rings is 1. The minimum atomic E-state index is 0.570. The van der Waals surface area contributed by atoms with Gasteiger partial charge in [0.1, 0.15) is 11.9 Å². The van der Waals surface area contributed by atoms with Crippen molar-refractivity contribution in [2.24, 2.45) is 0 Å². The van der Waals surface area contributed by atoms with Gasteiger partial charge in [-0.3, -0.25) is 0 Å². The maximum Gasteiger partial charge on any atom is 0.125 e. The molecule has 0 unspecified atom stereocenters. The standard InChI is InChI=1S/C14H12ClN3S/c15-12-2-4-13(5-3-12)19-8-7-17-14-6-1-11(9-16)10-18-14/h1-6,10H,7-8H2,(H,17,18). The zero-order chi connectivity index (χ0) is 13.5. The van der Waals surface area contributed by atoms with Crippen molar-refractivity contribution < 1.29 is 0 Å². The van der Waals surface area contributed by atoms with Gasteiger partial charge in [0.25, 0.3) is 0 Å². The van der Waals surface area contributed by atoms with Crippen LogP contribution in [0.1, 0.15) is 5.56 Å². The van der Waals surface area contributed by atoms with Crippen LogP contribution < -0.4 is 5.32 Å². The van der Waals surface area contributed by atoms with Gasteiger partial charge in [0.15, 0.2) is 0 Å². The van der Waals surface area contributed by atoms with Gasteiger partial charge in [-0.05, 0) is 36.4 Å². The highest BCUT2D eigenvalue weighted by atomic mass is 35.5. The Morgan fingerprint density at radius 1 is 1.21 bits per heavy atom. The van der Waals surface area contributed by atoms with Crippen molar-refractivity contribution in [2.45, 2.75) is 4.90 Å². The van der Waals surface area contributed by atoms with Crippen LogP contribution in [0.25, 0.3) is 0 Å². The van der Waals surface area contributed by atoms with Crippen molar-refractivity contribution in [2.75, 3.05) is 17.6 Å². The molecule has 0 spiro atoms. The molecule has 0 atom stereocenters. The Labute approximate surface area is 121 Å². The number of thioether (sulfide) groups is 1. The zero-order valence-electron chi connectivity index (χ0n) is 10.1. The van der Waals surface area contributed by atoms with Gasteiger partial charge in [0, 0.05) is 28.4 Å². The molecule has 19 heavy (non-hydrogen) atoms. The quantitative estimate of drug-likeness (QED) is 0.672. The maximum atomic E-state index is 8.67. The molecule has 1 N–H and O–H groups in total. The Bertz CT molecular complexity index is 561. The van der Waals surface area contributed by atoms with E-state index in [9.17, 15) is 0 Å². The Balaban J connectivity index is 1.74. The molecular weight excluding hydrogens is 278 g/mol. The van der Waals surface area contributed by atoms with E-state index in [1.165, 1.54) is 4.90 Å². The Kier molecular flexibility index (Phi) is 5.08. The first-order valence-corrected chi connectivity index (χ1v) is 7.13. The molecule has 1 aromatic carbocycles. The van der Waals surface area contributed by atoms with E-state index >= 15 is 0 Å². The van der Waals surface area contributed by atoms with Gasteiger partial charge >= 0.3 is 0 Å². The van der Waals surface area contributed by atoms with Crippen LogP contribution in [0.15, 0.2) is 47.5 Å². The number of halogens is 1. The van der Waals surface area contributed by atoms with Crippen molar-refractivity contribution >= 4 is 29.2 Å². The molecule has 0 aliphatic carbocycles. The monoisotopic (exact) mass is 289 g/mol. The number of pyridine rings is 1. The molecule has 0 fully saturated rings. The third-order valence-corrected chi connectivity index (χ3v) is 3.65. The van der Waals surface area contributed by atoms with E-state index in [0.29, 0.717) is 5.56 Å². The van der Waals surface area contributed by atoms with Gasteiger partial charge < -0.3 is 5.32 Å². The minimum absolute atomic E-state index is 0.570. The van der Waals surface area contributed by atoms with Gasteiger partial charge in [0.2, 0.25) is 0 Å². The van der Waals surface area contributed by atoms with Crippen LogP contribution in [0.4, 0.5) is 5.82 Å². The van der Waals surface area contributed by atoms with E-state index in [1.807, 2.05) is 36.4 Å². The lowest BCUT2D eigenvalue weighted by Gasteiger charge is -2.05. The lowest BCUT2D eigenvalue weighted by atomic mass is 10.3. The molecule has 0 radical (unpaired) electrons. The summed E-state index contributed by atoms with van der Waals surface area (Å²) >= 11 is 7.58.